The number of hydrogen-bond donors (Lipinski definition) is 1. The molecule has 0 saturated carbocycles. The Morgan fingerprint density at radius 2 is 1.74 bits per heavy atom. The Balaban J connectivity index is 1.29. The van der Waals surface area contributed by atoms with Gasteiger partial charge in [0.1, 0.15) is 6.61 Å². The molecule has 5 rings (SSSR count). The summed E-state index contributed by atoms with van der Waals surface area (Å²) in [5, 5.41) is 13.2. The zero-order chi connectivity index (χ0) is 24.0. The Hall–Kier alpha value is -3.49. The fourth-order valence-corrected chi connectivity index (χ4v) is 4.91. The van der Waals surface area contributed by atoms with Crippen molar-refractivity contribution < 1.29 is 14.3 Å². The van der Waals surface area contributed by atoms with E-state index >= 15 is 0 Å². The fraction of sp³-hybridized carbons (Fsp3) is 0.192. The smallest absolute Gasteiger partial charge is 0.265 e. The van der Waals surface area contributed by atoms with Crippen LogP contribution in [0.2, 0.25) is 5.02 Å². The molecule has 0 unspecified atom stereocenters. The number of carbonyl (C=O) groups excluding carboxylic acids is 1. The number of nitrogens with zero attached hydrogens (tertiary/aromatic N) is 3. The SMILES string of the molecule is O=C(NCc1nnc(SCc2ccccc2Cl)n1Cc1ccccc1)[C@@H]1COc2ccccc2O1. The summed E-state index contributed by atoms with van der Waals surface area (Å²) in [6, 6.07) is 25.1. The Morgan fingerprint density at radius 1 is 1.00 bits per heavy atom. The van der Waals surface area contributed by atoms with Crippen LogP contribution in [0.1, 0.15) is 17.0 Å². The van der Waals surface area contributed by atoms with Gasteiger partial charge in [-0.1, -0.05) is 84.0 Å². The van der Waals surface area contributed by atoms with E-state index in [1.165, 1.54) is 0 Å². The molecule has 1 aliphatic rings. The van der Waals surface area contributed by atoms with Crippen LogP contribution in [0.4, 0.5) is 0 Å². The molecule has 2 heterocycles. The average Bonchev–Trinajstić information content (AvgIpc) is 3.28. The van der Waals surface area contributed by atoms with Crippen molar-refractivity contribution in [2.75, 3.05) is 6.61 Å². The van der Waals surface area contributed by atoms with Gasteiger partial charge in [-0.2, -0.15) is 0 Å². The van der Waals surface area contributed by atoms with Crippen molar-refractivity contribution in [1.29, 1.82) is 0 Å². The standard InChI is InChI=1S/C26H23ClN4O3S/c27-20-11-5-4-10-19(20)17-35-26-30-29-24(31(26)15-18-8-2-1-3-9-18)14-28-25(32)23-16-33-21-12-6-7-13-22(21)34-23/h1-13,23H,14-17H2,(H,28,32)/t23-/m0/s1. The number of ether oxygens (including phenoxy) is 2. The zero-order valence-corrected chi connectivity index (χ0v) is 20.3. The zero-order valence-electron chi connectivity index (χ0n) is 18.8. The van der Waals surface area contributed by atoms with Gasteiger partial charge < -0.3 is 19.4 Å². The maximum absolute atomic E-state index is 12.8. The van der Waals surface area contributed by atoms with Crippen molar-refractivity contribution in [3.05, 3.63) is 101 Å². The predicted octanol–water partition coefficient (Wildman–Crippen LogP) is 4.73. The summed E-state index contributed by atoms with van der Waals surface area (Å²) in [6.45, 7) is 0.950. The monoisotopic (exact) mass is 506 g/mol. The van der Waals surface area contributed by atoms with Crippen LogP contribution in [0.3, 0.4) is 0 Å². The maximum Gasteiger partial charge on any atom is 0.265 e. The molecule has 3 aromatic carbocycles. The molecular formula is C26H23ClN4O3S. The van der Waals surface area contributed by atoms with Gasteiger partial charge in [0, 0.05) is 10.8 Å². The maximum atomic E-state index is 12.8. The summed E-state index contributed by atoms with van der Waals surface area (Å²) < 4.78 is 13.5. The highest BCUT2D eigenvalue weighted by molar-refractivity contribution is 7.98. The largest absolute Gasteiger partial charge is 0.485 e. The molecule has 1 amide bonds. The molecule has 178 valence electrons. The molecule has 7 nitrogen and oxygen atoms in total. The van der Waals surface area contributed by atoms with Crippen molar-refractivity contribution in [3.8, 4) is 11.5 Å². The first-order valence-electron chi connectivity index (χ1n) is 11.2. The van der Waals surface area contributed by atoms with Crippen LogP contribution in [0, 0.1) is 0 Å². The van der Waals surface area contributed by atoms with Gasteiger partial charge in [0.15, 0.2) is 22.5 Å². The molecule has 1 aromatic heterocycles. The molecule has 9 heteroatoms. The molecular weight excluding hydrogens is 484 g/mol. The summed E-state index contributed by atoms with van der Waals surface area (Å²) in [5.74, 6) is 2.25. The van der Waals surface area contributed by atoms with Crippen LogP contribution in [0.5, 0.6) is 11.5 Å². The molecule has 1 N–H and O–H groups in total. The first kappa shape index (κ1) is 23.3. The van der Waals surface area contributed by atoms with Crippen molar-refractivity contribution in [1.82, 2.24) is 20.1 Å². The highest BCUT2D eigenvalue weighted by Crippen LogP contribution is 2.31. The summed E-state index contributed by atoms with van der Waals surface area (Å²) in [6.07, 6.45) is -0.732. The van der Waals surface area contributed by atoms with Crippen molar-refractivity contribution in [2.45, 2.75) is 30.1 Å². The molecule has 0 bridgehead atoms. The first-order valence-corrected chi connectivity index (χ1v) is 12.5. The second-order valence-corrected chi connectivity index (χ2v) is 9.28. The Morgan fingerprint density at radius 3 is 2.57 bits per heavy atom. The quantitative estimate of drug-likeness (QED) is 0.348. The Bertz CT molecular complexity index is 1310. The molecule has 0 fully saturated rings. The molecule has 0 aliphatic carbocycles. The average molecular weight is 507 g/mol. The van der Waals surface area contributed by atoms with E-state index in [1.54, 1.807) is 17.8 Å². The topological polar surface area (TPSA) is 78.3 Å². The number of benzene rings is 3. The minimum Gasteiger partial charge on any atom is -0.485 e. The van der Waals surface area contributed by atoms with Gasteiger partial charge in [0.25, 0.3) is 5.91 Å². The highest BCUT2D eigenvalue weighted by Gasteiger charge is 2.27. The number of hydrogen-bond acceptors (Lipinski definition) is 6. The lowest BCUT2D eigenvalue weighted by atomic mass is 10.2. The lowest BCUT2D eigenvalue weighted by molar-refractivity contribution is -0.130. The van der Waals surface area contributed by atoms with Crippen molar-refractivity contribution in [3.63, 3.8) is 0 Å². The molecule has 0 radical (unpaired) electrons. The van der Waals surface area contributed by atoms with Gasteiger partial charge >= 0.3 is 0 Å². The molecule has 1 atom stereocenters. The molecule has 35 heavy (non-hydrogen) atoms. The number of halogens is 1. The van der Waals surface area contributed by atoms with Gasteiger partial charge in [-0.05, 0) is 29.3 Å². The van der Waals surface area contributed by atoms with Gasteiger partial charge in [-0.15, -0.1) is 10.2 Å². The lowest BCUT2D eigenvalue weighted by Gasteiger charge is -2.25. The number of aromatic nitrogens is 3. The number of fused-ring (bicyclic) bond motifs is 1. The first-order chi connectivity index (χ1) is 17.2. The Labute approximate surface area is 212 Å². The van der Waals surface area contributed by atoms with Crippen LogP contribution in [-0.2, 0) is 23.6 Å². The normalized spacial score (nSPS) is 14.5. The van der Waals surface area contributed by atoms with Crippen molar-refractivity contribution >= 4 is 29.3 Å². The number of nitrogens with one attached hydrogen (secondary N) is 1. The predicted molar refractivity (Wildman–Crippen MR) is 135 cm³/mol. The summed E-state index contributed by atoms with van der Waals surface area (Å²) in [5.41, 5.74) is 2.14. The van der Waals surface area contributed by atoms with Crippen LogP contribution >= 0.6 is 23.4 Å². The number of rotatable bonds is 8. The summed E-state index contributed by atoms with van der Waals surface area (Å²) >= 11 is 7.89. The van der Waals surface area contributed by atoms with E-state index in [0.717, 1.165) is 21.3 Å². The van der Waals surface area contributed by atoms with Gasteiger partial charge in [0.2, 0.25) is 6.10 Å². The minimum atomic E-state index is -0.732. The lowest BCUT2D eigenvalue weighted by Crippen LogP contribution is -2.44. The fourth-order valence-electron chi connectivity index (χ4n) is 3.67. The minimum absolute atomic E-state index is 0.151. The molecule has 4 aromatic rings. The Kier molecular flexibility index (Phi) is 7.20. The van der Waals surface area contributed by atoms with E-state index in [4.69, 9.17) is 21.1 Å². The second-order valence-electron chi connectivity index (χ2n) is 7.93. The van der Waals surface area contributed by atoms with E-state index in [-0.39, 0.29) is 19.1 Å². The third-order valence-corrected chi connectivity index (χ3v) is 6.90. The molecule has 0 spiro atoms. The van der Waals surface area contributed by atoms with E-state index in [2.05, 4.69) is 27.6 Å². The summed E-state index contributed by atoms with van der Waals surface area (Å²) in [4.78, 5) is 12.8. The van der Waals surface area contributed by atoms with Gasteiger partial charge in [-0.3, -0.25) is 4.79 Å². The van der Waals surface area contributed by atoms with E-state index in [1.807, 2.05) is 65.2 Å². The van der Waals surface area contributed by atoms with Crippen LogP contribution in [0.25, 0.3) is 0 Å². The third-order valence-electron chi connectivity index (χ3n) is 5.51. The van der Waals surface area contributed by atoms with E-state index in [9.17, 15) is 4.79 Å². The third kappa shape index (κ3) is 5.61. The number of carbonyl (C=O) groups is 1. The number of thioether (sulfide) groups is 1. The van der Waals surface area contributed by atoms with Crippen LogP contribution < -0.4 is 14.8 Å². The molecule has 1 aliphatic heterocycles. The van der Waals surface area contributed by atoms with E-state index in [0.29, 0.717) is 29.6 Å². The van der Waals surface area contributed by atoms with Crippen LogP contribution in [-0.4, -0.2) is 33.4 Å². The van der Waals surface area contributed by atoms with Gasteiger partial charge in [-0.25, -0.2) is 0 Å². The number of para-hydroxylation sites is 2. The van der Waals surface area contributed by atoms with E-state index < -0.39 is 6.10 Å². The van der Waals surface area contributed by atoms with Gasteiger partial charge in [0.05, 0.1) is 13.1 Å². The second kappa shape index (κ2) is 10.8. The van der Waals surface area contributed by atoms with Crippen LogP contribution in [0.15, 0.2) is 84.0 Å². The highest BCUT2D eigenvalue weighted by atomic mass is 35.5. The summed E-state index contributed by atoms with van der Waals surface area (Å²) in [7, 11) is 0. The van der Waals surface area contributed by atoms with Crippen molar-refractivity contribution in [2.24, 2.45) is 0 Å². The molecule has 0 saturated heterocycles. The number of amides is 1.